The van der Waals surface area contributed by atoms with Crippen LogP contribution in [0.5, 0.6) is 0 Å². The predicted molar refractivity (Wildman–Crippen MR) is 92.0 cm³/mol. The first-order valence-corrected chi connectivity index (χ1v) is 9.07. The molecule has 2 aromatic heterocycles. The van der Waals surface area contributed by atoms with Crippen LogP contribution in [0.15, 0.2) is 24.9 Å². The molecule has 134 valence electrons. The van der Waals surface area contributed by atoms with Gasteiger partial charge in [-0.25, -0.2) is 4.98 Å². The Balaban J connectivity index is 1.42. The van der Waals surface area contributed by atoms with Crippen molar-refractivity contribution in [2.24, 2.45) is 13.0 Å². The van der Waals surface area contributed by atoms with Crippen LogP contribution in [-0.4, -0.2) is 49.9 Å². The molecule has 1 fully saturated rings. The molecule has 1 aliphatic carbocycles. The number of amides is 1. The smallest absolute Gasteiger partial charge is 0.257 e. The molecule has 1 atom stereocenters. The van der Waals surface area contributed by atoms with E-state index in [1.807, 2.05) is 24.5 Å². The molecule has 0 saturated heterocycles. The van der Waals surface area contributed by atoms with E-state index in [0.29, 0.717) is 31.2 Å². The van der Waals surface area contributed by atoms with E-state index in [1.54, 1.807) is 17.1 Å². The third kappa shape index (κ3) is 3.46. The Morgan fingerprint density at radius 1 is 1.28 bits per heavy atom. The molecule has 25 heavy (non-hydrogen) atoms. The van der Waals surface area contributed by atoms with Crippen LogP contribution in [0.4, 0.5) is 0 Å². The molecule has 2 aliphatic rings. The fourth-order valence-corrected chi connectivity index (χ4v) is 3.94. The monoisotopic (exact) mass is 343 g/mol. The van der Waals surface area contributed by atoms with Crippen molar-refractivity contribution in [3.63, 3.8) is 0 Å². The predicted octanol–water partition coefficient (Wildman–Crippen LogP) is 2.02. The van der Waals surface area contributed by atoms with Gasteiger partial charge in [0.25, 0.3) is 5.91 Å². The second-order valence-electron chi connectivity index (χ2n) is 7.22. The van der Waals surface area contributed by atoms with E-state index in [4.69, 9.17) is 4.74 Å². The molecule has 0 unspecified atom stereocenters. The fourth-order valence-electron chi connectivity index (χ4n) is 3.94. The van der Waals surface area contributed by atoms with Gasteiger partial charge in [0.15, 0.2) is 0 Å². The zero-order valence-electron chi connectivity index (χ0n) is 14.7. The summed E-state index contributed by atoms with van der Waals surface area (Å²) in [7, 11) is 1.82. The summed E-state index contributed by atoms with van der Waals surface area (Å²) in [6, 6.07) is 0.119. The zero-order valence-corrected chi connectivity index (χ0v) is 14.7. The molecule has 2 aromatic rings. The van der Waals surface area contributed by atoms with Gasteiger partial charge in [-0.1, -0.05) is 12.8 Å². The van der Waals surface area contributed by atoms with E-state index in [-0.39, 0.29) is 11.9 Å². The van der Waals surface area contributed by atoms with E-state index < -0.39 is 0 Å². The van der Waals surface area contributed by atoms with E-state index in [2.05, 4.69) is 14.6 Å². The van der Waals surface area contributed by atoms with Crippen LogP contribution in [0.1, 0.15) is 47.8 Å². The minimum Gasteiger partial charge on any atom is -0.379 e. The first-order valence-electron chi connectivity index (χ1n) is 9.07. The Bertz CT molecular complexity index is 731. The Kier molecular flexibility index (Phi) is 4.57. The fraction of sp³-hybridized carbons (Fsp3) is 0.611. The van der Waals surface area contributed by atoms with Gasteiger partial charge < -0.3 is 14.2 Å². The number of hydrogen-bond acceptors (Lipinski definition) is 4. The highest BCUT2D eigenvalue weighted by molar-refractivity contribution is 5.93. The number of imidazole rings is 1. The van der Waals surface area contributed by atoms with Crippen LogP contribution in [-0.2, 0) is 18.3 Å². The van der Waals surface area contributed by atoms with Gasteiger partial charge in [-0.2, -0.15) is 5.10 Å². The Labute approximate surface area is 147 Å². The second kappa shape index (κ2) is 7.00. The molecule has 0 bridgehead atoms. The summed E-state index contributed by atoms with van der Waals surface area (Å²) in [4.78, 5) is 18.9. The molecular weight excluding hydrogens is 318 g/mol. The number of aromatic nitrogens is 4. The molecule has 1 aliphatic heterocycles. The number of carbonyl (C=O) groups excluding carboxylic acids is 1. The van der Waals surface area contributed by atoms with Crippen LogP contribution in [0.3, 0.4) is 0 Å². The summed E-state index contributed by atoms with van der Waals surface area (Å²) in [5.74, 6) is 0.723. The van der Waals surface area contributed by atoms with Crippen molar-refractivity contribution in [3.8, 4) is 0 Å². The molecule has 0 N–H and O–H groups in total. The molecule has 0 aromatic carbocycles. The molecule has 0 spiro atoms. The average molecular weight is 343 g/mol. The van der Waals surface area contributed by atoms with Crippen molar-refractivity contribution in [2.45, 2.75) is 38.3 Å². The number of hydrogen-bond donors (Lipinski definition) is 0. The van der Waals surface area contributed by atoms with Crippen LogP contribution < -0.4 is 0 Å². The number of carbonyl (C=O) groups is 1. The van der Waals surface area contributed by atoms with Crippen molar-refractivity contribution in [1.29, 1.82) is 0 Å². The molecule has 4 rings (SSSR count). The summed E-state index contributed by atoms with van der Waals surface area (Å²) in [5.41, 5.74) is 1.68. The van der Waals surface area contributed by atoms with Gasteiger partial charge in [0.05, 0.1) is 43.0 Å². The second-order valence-corrected chi connectivity index (χ2v) is 7.22. The third-order valence-corrected chi connectivity index (χ3v) is 5.30. The van der Waals surface area contributed by atoms with E-state index in [0.717, 1.165) is 12.3 Å². The lowest BCUT2D eigenvalue weighted by Crippen LogP contribution is -2.42. The lowest BCUT2D eigenvalue weighted by Gasteiger charge is -2.34. The first kappa shape index (κ1) is 16.3. The standard InChI is InChI=1S/C18H25N5O2/c1-21-8-15(6-20-21)18(24)22-9-16-7-19-13-23(16)17(10-22)12-25-11-14-4-2-3-5-14/h6-8,13-14,17H,2-5,9-12H2,1H3/t17-/m1/s1. The third-order valence-electron chi connectivity index (χ3n) is 5.30. The van der Waals surface area contributed by atoms with E-state index in [9.17, 15) is 4.79 Å². The first-order chi connectivity index (χ1) is 12.2. The zero-order chi connectivity index (χ0) is 17.2. The van der Waals surface area contributed by atoms with Gasteiger partial charge in [-0.05, 0) is 18.8 Å². The summed E-state index contributed by atoms with van der Waals surface area (Å²) >= 11 is 0. The van der Waals surface area contributed by atoms with Gasteiger partial charge in [0, 0.05) is 32.6 Å². The summed E-state index contributed by atoms with van der Waals surface area (Å²) < 4.78 is 9.83. The maximum atomic E-state index is 12.8. The van der Waals surface area contributed by atoms with Gasteiger partial charge in [0.2, 0.25) is 0 Å². The maximum absolute atomic E-state index is 12.8. The molecule has 1 amide bonds. The van der Waals surface area contributed by atoms with Crippen LogP contribution >= 0.6 is 0 Å². The number of rotatable bonds is 5. The molecule has 7 heteroatoms. The van der Waals surface area contributed by atoms with Crippen molar-refractivity contribution >= 4 is 5.91 Å². The minimum atomic E-state index is 0.0151. The van der Waals surface area contributed by atoms with Gasteiger partial charge >= 0.3 is 0 Å². The van der Waals surface area contributed by atoms with E-state index in [1.165, 1.54) is 25.7 Å². The number of nitrogens with zero attached hydrogens (tertiary/aromatic N) is 5. The number of ether oxygens (including phenoxy) is 1. The van der Waals surface area contributed by atoms with Crippen molar-refractivity contribution in [1.82, 2.24) is 24.2 Å². The van der Waals surface area contributed by atoms with Crippen molar-refractivity contribution < 1.29 is 9.53 Å². The van der Waals surface area contributed by atoms with Crippen molar-refractivity contribution in [2.75, 3.05) is 19.8 Å². The summed E-state index contributed by atoms with van der Waals surface area (Å²) in [6.07, 6.45) is 12.3. The molecule has 7 nitrogen and oxygen atoms in total. The number of fused-ring (bicyclic) bond motifs is 1. The highest BCUT2D eigenvalue weighted by atomic mass is 16.5. The summed E-state index contributed by atoms with van der Waals surface area (Å²) in [5, 5.41) is 4.11. The Hall–Kier alpha value is -2.15. The highest BCUT2D eigenvalue weighted by Crippen LogP contribution is 2.26. The topological polar surface area (TPSA) is 65.2 Å². The summed E-state index contributed by atoms with van der Waals surface area (Å²) in [6.45, 7) is 2.67. The van der Waals surface area contributed by atoms with Gasteiger partial charge in [-0.3, -0.25) is 9.48 Å². The SMILES string of the molecule is Cn1cc(C(=O)N2Cc3cncn3[C@@H](COCC3CCCC3)C2)cn1. The molecular formula is C18H25N5O2. The quantitative estimate of drug-likeness (QED) is 0.833. The minimum absolute atomic E-state index is 0.0151. The van der Waals surface area contributed by atoms with Crippen LogP contribution in [0.2, 0.25) is 0 Å². The lowest BCUT2D eigenvalue weighted by molar-refractivity contribution is 0.0434. The Morgan fingerprint density at radius 3 is 2.88 bits per heavy atom. The number of aryl methyl sites for hydroxylation is 1. The molecule has 1 saturated carbocycles. The normalized spacial score (nSPS) is 20.8. The maximum Gasteiger partial charge on any atom is 0.257 e. The largest absolute Gasteiger partial charge is 0.379 e. The van der Waals surface area contributed by atoms with Gasteiger partial charge in [0.1, 0.15) is 0 Å². The van der Waals surface area contributed by atoms with E-state index >= 15 is 0 Å². The van der Waals surface area contributed by atoms with Gasteiger partial charge in [-0.15, -0.1) is 0 Å². The highest BCUT2D eigenvalue weighted by Gasteiger charge is 2.29. The average Bonchev–Trinajstić information content (AvgIpc) is 3.35. The lowest BCUT2D eigenvalue weighted by atomic mass is 10.1. The van der Waals surface area contributed by atoms with Crippen LogP contribution in [0.25, 0.3) is 0 Å². The van der Waals surface area contributed by atoms with Crippen LogP contribution in [0, 0.1) is 5.92 Å². The molecule has 3 heterocycles. The Morgan fingerprint density at radius 2 is 2.12 bits per heavy atom. The molecule has 0 radical (unpaired) electrons. The van der Waals surface area contributed by atoms with Crippen molar-refractivity contribution in [3.05, 3.63) is 36.2 Å².